The third kappa shape index (κ3) is 5.36. The van der Waals surface area contributed by atoms with Crippen molar-refractivity contribution >= 4 is 33.2 Å². The van der Waals surface area contributed by atoms with Crippen molar-refractivity contribution in [3.63, 3.8) is 0 Å². The maximum Gasteiger partial charge on any atom is 0.244 e. The lowest BCUT2D eigenvalue weighted by molar-refractivity contribution is -0.122. The highest BCUT2D eigenvalue weighted by Gasteiger charge is 2.31. The molecule has 0 aromatic heterocycles. The number of hydrogen-bond donors (Lipinski definition) is 1. The molecule has 0 saturated carbocycles. The smallest absolute Gasteiger partial charge is 0.244 e. The van der Waals surface area contributed by atoms with Crippen molar-refractivity contribution in [3.8, 4) is 5.75 Å². The van der Waals surface area contributed by atoms with Gasteiger partial charge in [-0.15, -0.1) is 0 Å². The molecule has 0 heterocycles. The van der Waals surface area contributed by atoms with Gasteiger partial charge in [0.2, 0.25) is 15.9 Å². The van der Waals surface area contributed by atoms with Crippen molar-refractivity contribution in [1.82, 2.24) is 5.32 Å². The van der Waals surface area contributed by atoms with Crippen molar-refractivity contribution in [1.29, 1.82) is 0 Å². The van der Waals surface area contributed by atoms with Crippen LogP contribution in [0.4, 0.5) is 10.1 Å². The second-order valence-corrected chi connectivity index (χ2v) is 8.41. The number of hydrogen-bond acceptors (Lipinski definition) is 4. The lowest BCUT2D eigenvalue weighted by Gasteiger charge is -2.30. The normalized spacial score (nSPS) is 12.3. The van der Waals surface area contributed by atoms with Gasteiger partial charge in [0.25, 0.3) is 0 Å². The number of anilines is 1. The van der Waals surface area contributed by atoms with Gasteiger partial charge in [0.15, 0.2) is 0 Å². The highest BCUT2D eigenvalue weighted by atomic mass is 35.5. The number of sulfonamides is 1. The van der Waals surface area contributed by atoms with E-state index in [1.807, 2.05) is 0 Å². The summed E-state index contributed by atoms with van der Waals surface area (Å²) in [6.07, 6.45) is 1.27. The first-order valence-corrected chi connectivity index (χ1v) is 10.7. The number of nitrogens with zero attached hydrogens (tertiary/aromatic N) is 1. The Labute approximate surface area is 169 Å². The average Bonchev–Trinajstić information content (AvgIpc) is 2.64. The summed E-state index contributed by atoms with van der Waals surface area (Å²) in [5, 5.41) is 2.94. The summed E-state index contributed by atoms with van der Waals surface area (Å²) >= 11 is 6.13. The molecule has 0 aliphatic heterocycles. The predicted octanol–water partition coefficient (Wildman–Crippen LogP) is 3.35. The van der Waals surface area contributed by atoms with Crippen LogP contribution in [0.15, 0.2) is 42.5 Å². The van der Waals surface area contributed by atoms with E-state index < -0.39 is 22.0 Å². The largest absolute Gasteiger partial charge is 0.495 e. The number of nitrogens with one attached hydrogen (secondary N) is 1. The Balaban J connectivity index is 2.28. The molecule has 2 rings (SSSR count). The maximum atomic E-state index is 13.0. The molecule has 1 amide bonds. The number of rotatable bonds is 8. The third-order valence-corrected chi connectivity index (χ3v) is 5.57. The fourth-order valence-corrected chi connectivity index (χ4v) is 4.22. The summed E-state index contributed by atoms with van der Waals surface area (Å²) in [7, 11) is -2.32. The first-order valence-electron chi connectivity index (χ1n) is 8.52. The number of benzene rings is 2. The molecule has 0 bridgehead atoms. The van der Waals surface area contributed by atoms with Crippen molar-refractivity contribution in [2.75, 3.05) is 17.7 Å². The molecule has 0 fully saturated rings. The number of halogens is 2. The summed E-state index contributed by atoms with van der Waals surface area (Å²) < 4.78 is 44.0. The van der Waals surface area contributed by atoms with E-state index in [0.717, 1.165) is 10.6 Å². The maximum absolute atomic E-state index is 13.0. The van der Waals surface area contributed by atoms with E-state index in [1.54, 1.807) is 25.1 Å². The van der Waals surface area contributed by atoms with E-state index in [1.165, 1.54) is 31.4 Å². The molecule has 28 heavy (non-hydrogen) atoms. The lowest BCUT2D eigenvalue weighted by Crippen LogP contribution is -2.49. The average molecular weight is 429 g/mol. The Bertz CT molecular complexity index is 935. The van der Waals surface area contributed by atoms with Crippen LogP contribution >= 0.6 is 11.6 Å². The summed E-state index contributed by atoms with van der Waals surface area (Å²) in [5.41, 5.74) is 0.958. The quantitative estimate of drug-likeness (QED) is 0.699. The van der Waals surface area contributed by atoms with E-state index in [4.69, 9.17) is 16.3 Å². The van der Waals surface area contributed by atoms with Gasteiger partial charge < -0.3 is 10.1 Å². The molecule has 1 N–H and O–H groups in total. The van der Waals surface area contributed by atoms with Gasteiger partial charge in [0.05, 0.1) is 24.1 Å². The predicted molar refractivity (Wildman–Crippen MR) is 108 cm³/mol. The van der Waals surface area contributed by atoms with Crippen molar-refractivity contribution in [2.45, 2.75) is 25.9 Å². The Hall–Kier alpha value is -2.32. The number of carbonyl (C=O) groups excluding carboxylic acids is 1. The fourth-order valence-electron chi connectivity index (χ4n) is 2.76. The van der Waals surface area contributed by atoms with Crippen LogP contribution in [0.1, 0.15) is 18.9 Å². The van der Waals surface area contributed by atoms with Crippen LogP contribution in [-0.2, 0) is 21.4 Å². The summed E-state index contributed by atoms with van der Waals surface area (Å²) in [5.74, 6) is -0.446. The molecular weight excluding hydrogens is 407 g/mol. The molecule has 0 aliphatic carbocycles. The van der Waals surface area contributed by atoms with Crippen LogP contribution in [0.5, 0.6) is 5.75 Å². The summed E-state index contributed by atoms with van der Waals surface area (Å²) in [6, 6.07) is 9.22. The molecule has 0 spiro atoms. The number of carbonyl (C=O) groups is 1. The Morgan fingerprint density at radius 2 is 1.89 bits per heavy atom. The SMILES string of the molecule is CCC(C(=O)NCc1ccc(F)cc1)N(c1ccc(OC)c(Cl)c1)S(C)(=O)=O. The van der Waals surface area contributed by atoms with Crippen molar-refractivity contribution < 1.29 is 22.3 Å². The number of amides is 1. The van der Waals surface area contributed by atoms with E-state index in [2.05, 4.69) is 5.32 Å². The van der Waals surface area contributed by atoms with Gasteiger partial charge in [0.1, 0.15) is 17.6 Å². The molecule has 1 atom stereocenters. The molecule has 2 aromatic rings. The van der Waals surface area contributed by atoms with Crippen LogP contribution in [0, 0.1) is 5.82 Å². The van der Waals surface area contributed by atoms with Gasteiger partial charge in [-0.1, -0.05) is 30.7 Å². The molecule has 1 unspecified atom stereocenters. The van der Waals surface area contributed by atoms with Crippen LogP contribution in [-0.4, -0.2) is 33.7 Å². The van der Waals surface area contributed by atoms with E-state index in [0.29, 0.717) is 11.3 Å². The van der Waals surface area contributed by atoms with Crippen LogP contribution < -0.4 is 14.4 Å². The van der Waals surface area contributed by atoms with Gasteiger partial charge in [-0.3, -0.25) is 9.10 Å². The Kier molecular flexibility index (Phi) is 7.26. The monoisotopic (exact) mass is 428 g/mol. The standard InChI is InChI=1S/C19H22ClFN2O4S/c1-4-17(19(24)22-12-13-5-7-14(21)8-6-13)23(28(3,25)26)15-9-10-18(27-2)16(20)11-15/h5-11,17H,4,12H2,1-3H3,(H,22,24). The molecule has 152 valence electrons. The minimum Gasteiger partial charge on any atom is -0.495 e. The molecular formula is C19H22ClFN2O4S. The van der Waals surface area contributed by atoms with Crippen LogP contribution in [0.25, 0.3) is 0 Å². The highest BCUT2D eigenvalue weighted by Crippen LogP contribution is 2.31. The lowest BCUT2D eigenvalue weighted by atomic mass is 10.1. The molecule has 0 saturated heterocycles. The molecule has 9 heteroatoms. The van der Waals surface area contributed by atoms with Crippen molar-refractivity contribution in [2.24, 2.45) is 0 Å². The summed E-state index contributed by atoms with van der Waals surface area (Å²) in [6.45, 7) is 1.86. The first-order chi connectivity index (χ1) is 13.2. The molecule has 2 aromatic carbocycles. The number of ether oxygens (including phenoxy) is 1. The zero-order chi connectivity index (χ0) is 20.9. The zero-order valence-corrected chi connectivity index (χ0v) is 17.3. The topological polar surface area (TPSA) is 75.7 Å². The zero-order valence-electron chi connectivity index (χ0n) is 15.8. The second kappa shape index (κ2) is 9.25. The first kappa shape index (κ1) is 22.0. The molecule has 0 aliphatic rings. The molecule has 6 nitrogen and oxygen atoms in total. The van der Waals surface area contributed by atoms with Gasteiger partial charge in [-0.2, -0.15) is 0 Å². The minimum atomic E-state index is -3.78. The third-order valence-electron chi connectivity index (χ3n) is 4.10. The van der Waals surface area contributed by atoms with Gasteiger partial charge >= 0.3 is 0 Å². The minimum absolute atomic E-state index is 0.149. The Morgan fingerprint density at radius 3 is 2.39 bits per heavy atom. The van der Waals surface area contributed by atoms with Crippen molar-refractivity contribution in [3.05, 3.63) is 58.9 Å². The molecule has 0 radical (unpaired) electrons. The summed E-state index contributed by atoms with van der Waals surface area (Å²) in [4.78, 5) is 12.7. The van der Waals surface area contributed by atoms with Crippen LogP contribution in [0.3, 0.4) is 0 Å². The van der Waals surface area contributed by atoms with Gasteiger partial charge in [-0.25, -0.2) is 12.8 Å². The second-order valence-electron chi connectivity index (χ2n) is 6.15. The van der Waals surface area contributed by atoms with E-state index in [9.17, 15) is 17.6 Å². The van der Waals surface area contributed by atoms with Crippen LogP contribution in [0.2, 0.25) is 5.02 Å². The van der Waals surface area contributed by atoms with Gasteiger partial charge in [0, 0.05) is 6.54 Å². The van der Waals surface area contributed by atoms with E-state index >= 15 is 0 Å². The Morgan fingerprint density at radius 1 is 1.25 bits per heavy atom. The fraction of sp³-hybridized carbons (Fsp3) is 0.316. The van der Waals surface area contributed by atoms with E-state index in [-0.39, 0.29) is 29.5 Å². The number of methoxy groups -OCH3 is 1. The van der Waals surface area contributed by atoms with Gasteiger partial charge in [-0.05, 0) is 42.3 Å². The highest BCUT2D eigenvalue weighted by molar-refractivity contribution is 7.92.